The van der Waals surface area contributed by atoms with Crippen molar-refractivity contribution in [3.8, 4) is 0 Å². The summed E-state index contributed by atoms with van der Waals surface area (Å²) in [5, 5.41) is 32.0. The van der Waals surface area contributed by atoms with E-state index in [-0.39, 0.29) is 18.6 Å². The summed E-state index contributed by atoms with van der Waals surface area (Å²) >= 11 is 0. The lowest BCUT2D eigenvalue weighted by Gasteiger charge is -2.62. The number of rotatable bonds is 2. The van der Waals surface area contributed by atoms with Gasteiger partial charge in [0, 0.05) is 22.7 Å². The molecule has 3 N–H and O–H groups in total. The van der Waals surface area contributed by atoms with Crippen LogP contribution in [0.4, 0.5) is 4.39 Å². The third kappa shape index (κ3) is 2.12. The van der Waals surface area contributed by atoms with Gasteiger partial charge in [-0.1, -0.05) is 32.4 Å². The Labute approximate surface area is 164 Å². The largest absolute Gasteiger partial charge is 0.393 e. The zero-order valence-corrected chi connectivity index (χ0v) is 16.6. The summed E-state index contributed by atoms with van der Waals surface area (Å²) in [6.45, 7) is 4.47. The normalized spacial score (nSPS) is 52.5. The van der Waals surface area contributed by atoms with Crippen LogP contribution in [0.3, 0.4) is 0 Å². The number of carbonyl (C=O) groups excluding carboxylic acids is 2. The molecule has 0 aromatic carbocycles. The van der Waals surface area contributed by atoms with E-state index < -0.39 is 58.3 Å². The van der Waals surface area contributed by atoms with Crippen molar-refractivity contribution < 1.29 is 29.3 Å². The van der Waals surface area contributed by atoms with E-state index in [9.17, 15) is 24.9 Å². The Kier molecular flexibility index (Phi) is 4.15. The molecule has 5 nitrogen and oxygen atoms in total. The van der Waals surface area contributed by atoms with E-state index >= 15 is 4.39 Å². The number of carbonyl (C=O) groups is 2. The number of Topliss-reactive ketones (excluding diaryl/α,β-unsaturated/α-hetero) is 1. The second kappa shape index (κ2) is 5.83. The summed E-state index contributed by atoms with van der Waals surface area (Å²) in [6.07, 6.45) is 4.58. The number of aliphatic hydroxyl groups excluding tert-OH is 2. The van der Waals surface area contributed by atoms with Gasteiger partial charge >= 0.3 is 0 Å². The zero-order valence-electron chi connectivity index (χ0n) is 16.6. The van der Waals surface area contributed by atoms with E-state index in [2.05, 4.69) is 0 Å². The van der Waals surface area contributed by atoms with Crippen molar-refractivity contribution in [2.75, 3.05) is 6.61 Å². The van der Waals surface area contributed by atoms with Gasteiger partial charge in [-0.3, -0.25) is 9.59 Å². The first-order valence-corrected chi connectivity index (χ1v) is 10.1. The molecule has 4 aliphatic rings. The molecule has 0 spiro atoms. The van der Waals surface area contributed by atoms with Crippen LogP contribution in [0, 0.1) is 28.6 Å². The van der Waals surface area contributed by atoms with E-state index in [1.54, 1.807) is 26.0 Å². The van der Waals surface area contributed by atoms with E-state index in [1.807, 2.05) is 6.92 Å². The van der Waals surface area contributed by atoms with Crippen molar-refractivity contribution in [1.82, 2.24) is 0 Å². The van der Waals surface area contributed by atoms with Gasteiger partial charge in [-0.15, -0.1) is 0 Å². The highest BCUT2D eigenvalue weighted by molar-refractivity contribution is 6.01. The first-order valence-electron chi connectivity index (χ1n) is 10.1. The lowest BCUT2D eigenvalue weighted by molar-refractivity contribution is -0.213. The van der Waals surface area contributed by atoms with Gasteiger partial charge in [-0.05, 0) is 43.8 Å². The van der Waals surface area contributed by atoms with E-state index in [1.165, 1.54) is 6.08 Å². The van der Waals surface area contributed by atoms with Crippen LogP contribution in [0.15, 0.2) is 23.8 Å². The number of hydrogen-bond acceptors (Lipinski definition) is 5. The third-order valence-electron chi connectivity index (χ3n) is 8.65. The Balaban J connectivity index is 1.84. The second-order valence-electron chi connectivity index (χ2n) is 9.82. The Morgan fingerprint density at radius 2 is 2.04 bits per heavy atom. The van der Waals surface area contributed by atoms with Gasteiger partial charge in [-0.25, -0.2) is 4.39 Å². The fourth-order valence-corrected chi connectivity index (χ4v) is 7.38. The minimum Gasteiger partial charge on any atom is -0.393 e. The van der Waals surface area contributed by atoms with Gasteiger partial charge < -0.3 is 15.3 Å². The third-order valence-corrected chi connectivity index (χ3v) is 8.65. The topological polar surface area (TPSA) is 94.8 Å². The van der Waals surface area contributed by atoms with Crippen LogP contribution in [0.5, 0.6) is 0 Å². The monoisotopic (exact) mass is 392 g/mol. The molecule has 4 rings (SSSR count). The number of ketones is 2. The summed E-state index contributed by atoms with van der Waals surface area (Å²) in [7, 11) is 0. The predicted octanol–water partition coefficient (Wildman–Crippen LogP) is 1.90. The quantitative estimate of drug-likeness (QED) is 0.667. The highest BCUT2D eigenvalue weighted by Crippen LogP contribution is 2.70. The molecule has 3 saturated carbocycles. The van der Waals surface area contributed by atoms with Gasteiger partial charge in [0.25, 0.3) is 0 Å². The molecule has 3 fully saturated rings. The summed E-state index contributed by atoms with van der Waals surface area (Å²) in [4.78, 5) is 24.4. The Morgan fingerprint density at radius 1 is 1.36 bits per heavy atom. The maximum Gasteiger partial charge on any atom is 0.190 e. The van der Waals surface area contributed by atoms with Crippen LogP contribution in [-0.4, -0.2) is 50.9 Å². The molecule has 0 aliphatic heterocycles. The Morgan fingerprint density at radius 3 is 2.68 bits per heavy atom. The number of allylic oxidation sites excluding steroid dienone is 4. The van der Waals surface area contributed by atoms with Crippen molar-refractivity contribution >= 4 is 11.6 Å². The molecule has 154 valence electrons. The standard InChI is InChI=1S/C22H29FO5/c1-12-8-16-20(3,22(12,28)17(27)11-24)10-15(26)18-19(2)6-5-14(25)9-13(19)4-7-21(16,18)23/h5-6,9,12,15-16,18,24,26,28H,4,7-8,10-11H2,1-3H3. The number of hydrogen-bond donors (Lipinski definition) is 3. The summed E-state index contributed by atoms with van der Waals surface area (Å²) in [6, 6.07) is 0. The number of aliphatic hydroxyl groups is 3. The van der Waals surface area contributed by atoms with Gasteiger partial charge in [0.05, 0.1) is 6.10 Å². The molecule has 0 radical (unpaired) electrons. The first kappa shape index (κ1) is 19.9. The van der Waals surface area contributed by atoms with Crippen LogP contribution in [-0.2, 0) is 9.59 Å². The molecule has 0 amide bonds. The summed E-state index contributed by atoms with van der Waals surface area (Å²) < 4.78 is 16.9. The molecule has 28 heavy (non-hydrogen) atoms. The minimum absolute atomic E-state index is 0.0746. The average Bonchev–Trinajstić information content (AvgIpc) is 2.83. The average molecular weight is 392 g/mol. The fraction of sp³-hybridized carbons (Fsp3) is 0.727. The number of fused-ring (bicyclic) bond motifs is 5. The summed E-state index contributed by atoms with van der Waals surface area (Å²) in [5.41, 5.74) is -4.74. The molecular formula is C22H29FO5. The molecule has 8 unspecified atom stereocenters. The van der Waals surface area contributed by atoms with Crippen molar-refractivity contribution in [3.05, 3.63) is 23.8 Å². The lowest BCUT2D eigenvalue weighted by Crippen LogP contribution is -2.68. The smallest absolute Gasteiger partial charge is 0.190 e. The van der Waals surface area contributed by atoms with Gasteiger partial charge in [0.1, 0.15) is 17.9 Å². The van der Waals surface area contributed by atoms with E-state index in [0.717, 1.165) is 5.57 Å². The highest BCUT2D eigenvalue weighted by atomic mass is 19.1. The van der Waals surface area contributed by atoms with Crippen LogP contribution in [0.1, 0.15) is 46.5 Å². The van der Waals surface area contributed by atoms with E-state index in [4.69, 9.17) is 0 Å². The van der Waals surface area contributed by atoms with Crippen molar-refractivity contribution in [3.63, 3.8) is 0 Å². The molecular weight excluding hydrogens is 363 g/mol. The van der Waals surface area contributed by atoms with Crippen molar-refractivity contribution in [1.29, 1.82) is 0 Å². The van der Waals surface area contributed by atoms with Crippen LogP contribution in [0.2, 0.25) is 0 Å². The molecule has 0 bridgehead atoms. The van der Waals surface area contributed by atoms with Gasteiger partial charge in [0.2, 0.25) is 0 Å². The van der Waals surface area contributed by atoms with Crippen LogP contribution in [0.25, 0.3) is 0 Å². The molecule has 6 heteroatoms. The minimum atomic E-state index is -1.87. The van der Waals surface area contributed by atoms with Crippen LogP contribution < -0.4 is 0 Å². The number of halogens is 1. The molecule has 0 saturated heterocycles. The maximum absolute atomic E-state index is 16.9. The predicted molar refractivity (Wildman–Crippen MR) is 99.9 cm³/mol. The Hall–Kier alpha value is -1.37. The molecule has 0 heterocycles. The van der Waals surface area contributed by atoms with Crippen molar-refractivity contribution in [2.45, 2.75) is 63.8 Å². The van der Waals surface area contributed by atoms with Gasteiger partial charge in [0.15, 0.2) is 11.6 Å². The zero-order chi connectivity index (χ0) is 20.7. The molecule has 0 aromatic rings. The van der Waals surface area contributed by atoms with E-state index in [0.29, 0.717) is 12.8 Å². The number of alkyl halides is 1. The Bertz CT molecular complexity index is 805. The first-order chi connectivity index (χ1) is 12.9. The highest BCUT2D eigenvalue weighted by Gasteiger charge is 2.75. The fourth-order valence-electron chi connectivity index (χ4n) is 7.38. The molecule has 4 aliphatic carbocycles. The lowest BCUT2D eigenvalue weighted by atomic mass is 9.45. The van der Waals surface area contributed by atoms with Crippen LogP contribution >= 0.6 is 0 Å². The van der Waals surface area contributed by atoms with Gasteiger partial charge in [-0.2, -0.15) is 0 Å². The SMILES string of the molecule is CC1CC2C3(F)CCC4=CC(=O)C=CC4(C)C3C(O)CC2(C)C1(O)C(=O)CO. The second-order valence-corrected chi connectivity index (χ2v) is 9.82. The molecule has 0 aromatic heterocycles. The molecule has 8 atom stereocenters. The van der Waals surface area contributed by atoms with Crippen molar-refractivity contribution in [2.24, 2.45) is 28.6 Å². The summed E-state index contributed by atoms with van der Waals surface area (Å²) in [5.74, 6) is -2.71. The maximum atomic E-state index is 16.9.